The predicted octanol–water partition coefficient (Wildman–Crippen LogP) is 2.97. The zero-order chi connectivity index (χ0) is 17.8. The van der Waals surface area contributed by atoms with E-state index >= 15 is 0 Å². The minimum absolute atomic E-state index is 0.0947. The van der Waals surface area contributed by atoms with E-state index in [1.54, 1.807) is 14.2 Å². The molecule has 2 aromatic rings. The minimum atomic E-state index is 0.0947. The maximum Gasteiger partial charge on any atom is 0.253 e. The van der Waals surface area contributed by atoms with Crippen LogP contribution >= 0.6 is 0 Å². The molecule has 1 aliphatic rings. The third-order valence-corrected chi connectivity index (χ3v) is 4.59. The van der Waals surface area contributed by atoms with Gasteiger partial charge in [-0.15, -0.1) is 0 Å². The van der Waals surface area contributed by atoms with Gasteiger partial charge in [-0.3, -0.25) is 4.79 Å². The average molecular weight is 340 g/mol. The Balaban J connectivity index is 1.69. The summed E-state index contributed by atoms with van der Waals surface area (Å²) in [7, 11) is 3.33. The molecule has 132 valence electrons. The number of benzene rings is 2. The van der Waals surface area contributed by atoms with Crippen molar-refractivity contribution in [2.24, 2.45) is 0 Å². The molecule has 0 bridgehead atoms. The van der Waals surface area contributed by atoms with Crippen LogP contribution in [0, 0.1) is 6.92 Å². The molecular formula is C20H24N2O3. The smallest absolute Gasteiger partial charge is 0.253 e. The van der Waals surface area contributed by atoms with Crippen LogP contribution in [0.2, 0.25) is 0 Å². The van der Waals surface area contributed by atoms with E-state index in [4.69, 9.17) is 9.47 Å². The fraction of sp³-hybridized carbons (Fsp3) is 0.350. The lowest BCUT2D eigenvalue weighted by Gasteiger charge is -2.36. The molecule has 0 atom stereocenters. The maximum absolute atomic E-state index is 12.6. The third-order valence-electron chi connectivity index (χ3n) is 4.59. The van der Waals surface area contributed by atoms with E-state index in [9.17, 15) is 4.79 Å². The highest BCUT2D eigenvalue weighted by Crippen LogP contribution is 2.33. The van der Waals surface area contributed by atoms with Gasteiger partial charge in [0.1, 0.15) is 11.5 Å². The van der Waals surface area contributed by atoms with Gasteiger partial charge < -0.3 is 19.3 Å². The second kappa shape index (κ2) is 7.47. The van der Waals surface area contributed by atoms with Crippen LogP contribution in [0.1, 0.15) is 15.9 Å². The highest BCUT2D eigenvalue weighted by molar-refractivity contribution is 5.94. The summed E-state index contributed by atoms with van der Waals surface area (Å²) in [6.45, 7) is 4.93. The lowest BCUT2D eigenvalue weighted by molar-refractivity contribution is 0.0746. The molecule has 3 rings (SSSR count). The number of aryl methyl sites for hydroxylation is 1. The van der Waals surface area contributed by atoms with Crippen molar-refractivity contribution in [2.75, 3.05) is 45.3 Å². The van der Waals surface area contributed by atoms with Crippen molar-refractivity contribution >= 4 is 11.6 Å². The van der Waals surface area contributed by atoms with Gasteiger partial charge in [0, 0.05) is 37.8 Å². The van der Waals surface area contributed by atoms with Crippen LogP contribution in [0.5, 0.6) is 11.5 Å². The highest BCUT2D eigenvalue weighted by Gasteiger charge is 2.24. The lowest BCUT2D eigenvalue weighted by atomic mass is 10.1. The summed E-state index contributed by atoms with van der Waals surface area (Å²) in [6.07, 6.45) is 0. The van der Waals surface area contributed by atoms with Crippen molar-refractivity contribution in [3.05, 3.63) is 53.6 Å². The van der Waals surface area contributed by atoms with Gasteiger partial charge in [0.05, 0.1) is 19.9 Å². The first-order valence-electron chi connectivity index (χ1n) is 8.45. The molecule has 0 N–H and O–H groups in total. The van der Waals surface area contributed by atoms with E-state index in [-0.39, 0.29) is 5.91 Å². The van der Waals surface area contributed by atoms with Crippen LogP contribution in [-0.4, -0.2) is 51.2 Å². The van der Waals surface area contributed by atoms with E-state index in [0.717, 1.165) is 41.4 Å². The van der Waals surface area contributed by atoms with E-state index in [1.165, 1.54) is 0 Å². The highest BCUT2D eigenvalue weighted by atomic mass is 16.5. The molecule has 1 heterocycles. The normalized spacial score (nSPS) is 14.4. The van der Waals surface area contributed by atoms with Crippen LogP contribution < -0.4 is 14.4 Å². The number of carbonyl (C=O) groups excluding carboxylic acids is 1. The summed E-state index contributed by atoms with van der Waals surface area (Å²) < 4.78 is 10.8. The van der Waals surface area contributed by atoms with Crippen molar-refractivity contribution in [1.29, 1.82) is 0 Å². The molecule has 25 heavy (non-hydrogen) atoms. The number of carbonyl (C=O) groups is 1. The van der Waals surface area contributed by atoms with Gasteiger partial charge in [-0.25, -0.2) is 0 Å². The van der Waals surface area contributed by atoms with E-state index in [1.807, 2.05) is 54.3 Å². The first-order valence-corrected chi connectivity index (χ1v) is 8.45. The molecule has 2 aromatic carbocycles. The second-order valence-electron chi connectivity index (χ2n) is 6.18. The van der Waals surface area contributed by atoms with Gasteiger partial charge in [0.2, 0.25) is 0 Å². The van der Waals surface area contributed by atoms with E-state index in [0.29, 0.717) is 13.1 Å². The third kappa shape index (κ3) is 3.71. The van der Waals surface area contributed by atoms with Gasteiger partial charge in [-0.05, 0) is 31.2 Å². The summed E-state index contributed by atoms with van der Waals surface area (Å²) in [5.74, 6) is 1.71. The number of hydrogen-bond donors (Lipinski definition) is 0. The van der Waals surface area contributed by atoms with Crippen LogP contribution in [-0.2, 0) is 0 Å². The largest absolute Gasteiger partial charge is 0.497 e. The number of amides is 1. The Labute approximate surface area is 148 Å². The molecule has 0 unspecified atom stereocenters. The van der Waals surface area contributed by atoms with Crippen LogP contribution in [0.3, 0.4) is 0 Å². The maximum atomic E-state index is 12.6. The van der Waals surface area contributed by atoms with Gasteiger partial charge in [-0.1, -0.05) is 17.7 Å². The number of hydrogen-bond acceptors (Lipinski definition) is 4. The standard InChI is InChI=1S/C20H24N2O3/c1-15-4-6-16(7-5-15)20(23)22-12-10-21(11-13-22)18-14-17(24-2)8-9-19(18)25-3/h4-9,14H,10-13H2,1-3H3. The molecule has 1 saturated heterocycles. The SMILES string of the molecule is COc1ccc(OC)c(N2CCN(C(=O)c3ccc(C)cc3)CC2)c1. The summed E-state index contributed by atoms with van der Waals surface area (Å²) in [5.41, 5.74) is 2.91. The molecule has 1 aliphatic heterocycles. The summed E-state index contributed by atoms with van der Waals surface area (Å²) in [6, 6.07) is 13.5. The molecule has 0 aromatic heterocycles. The van der Waals surface area contributed by atoms with Crippen LogP contribution in [0.15, 0.2) is 42.5 Å². The van der Waals surface area contributed by atoms with Gasteiger partial charge >= 0.3 is 0 Å². The Morgan fingerprint density at radius 3 is 2.20 bits per heavy atom. The predicted molar refractivity (Wildman–Crippen MR) is 98.8 cm³/mol. The number of methoxy groups -OCH3 is 2. The van der Waals surface area contributed by atoms with Crippen molar-refractivity contribution in [3.63, 3.8) is 0 Å². The fourth-order valence-corrected chi connectivity index (χ4v) is 3.07. The Morgan fingerprint density at radius 2 is 1.60 bits per heavy atom. The topological polar surface area (TPSA) is 42.0 Å². The molecular weight excluding hydrogens is 316 g/mol. The zero-order valence-corrected chi connectivity index (χ0v) is 15.0. The molecule has 1 fully saturated rings. The second-order valence-corrected chi connectivity index (χ2v) is 6.18. The van der Waals surface area contributed by atoms with Crippen LogP contribution in [0.25, 0.3) is 0 Å². The van der Waals surface area contributed by atoms with E-state index < -0.39 is 0 Å². The van der Waals surface area contributed by atoms with Gasteiger partial charge in [0.15, 0.2) is 0 Å². The lowest BCUT2D eigenvalue weighted by Crippen LogP contribution is -2.48. The molecule has 5 nitrogen and oxygen atoms in total. The Morgan fingerprint density at radius 1 is 0.920 bits per heavy atom. The zero-order valence-electron chi connectivity index (χ0n) is 15.0. The summed E-state index contributed by atoms with van der Waals surface area (Å²) in [5, 5.41) is 0. The first-order chi connectivity index (χ1) is 12.1. The molecule has 0 spiro atoms. The number of ether oxygens (including phenoxy) is 2. The van der Waals surface area contributed by atoms with Crippen molar-refractivity contribution in [3.8, 4) is 11.5 Å². The number of piperazine rings is 1. The summed E-state index contributed by atoms with van der Waals surface area (Å²) in [4.78, 5) is 16.8. The van der Waals surface area contributed by atoms with Crippen LogP contribution in [0.4, 0.5) is 5.69 Å². The minimum Gasteiger partial charge on any atom is -0.497 e. The molecule has 0 saturated carbocycles. The summed E-state index contributed by atoms with van der Waals surface area (Å²) >= 11 is 0. The number of nitrogens with zero attached hydrogens (tertiary/aromatic N) is 2. The van der Waals surface area contributed by atoms with Crippen molar-refractivity contribution < 1.29 is 14.3 Å². The molecule has 0 aliphatic carbocycles. The number of anilines is 1. The Kier molecular flexibility index (Phi) is 5.12. The van der Waals surface area contributed by atoms with Crippen molar-refractivity contribution in [2.45, 2.75) is 6.92 Å². The first kappa shape index (κ1) is 17.1. The van der Waals surface area contributed by atoms with E-state index in [2.05, 4.69) is 4.90 Å². The number of rotatable bonds is 4. The van der Waals surface area contributed by atoms with Gasteiger partial charge in [-0.2, -0.15) is 0 Å². The van der Waals surface area contributed by atoms with Crippen molar-refractivity contribution in [1.82, 2.24) is 4.90 Å². The Hall–Kier alpha value is -2.69. The van der Waals surface area contributed by atoms with Gasteiger partial charge in [0.25, 0.3) is 5.91 Å². The molecule has 1 amide bonds. The fourth-order valence-electron chi connectivity index (χ4n) is 3.07. The Bertz CT molecular complexity index is 735. The average Bonchev–Trinajstić information content (AvgIpc) is 2.67. The molecule has 0 radical (unpaired) electrons. The quantitative estimate of drug-likeness (QED) is 0.858. The monoisotopic (exact) mass is 340 g/mol. The molecule has 5 heteroatoms.